The van der Waals surface area contributed by atoms with E-state index in [0.717, 1.165) is 11.3 Å². The largest absolute Gasteiger partial charge is 0.496 e. The zero-order valence-electron chi connectivity index (χ0n) is 11.1. The summed E-state index contributed by atoms with van der Waals surface area (Å²) < 4.78 is 5.25. The van der Waals surface area contributed by atoms with Crippen LogP contribution in [0.4, 0.5) is 0 Å². The number of methoxy groups -OCH3 is 1. The van der Waals surface area contributed by atoms with Crippen LogP contribution in [0.15, 0.2) is 24.3 Å². The van der Waals surface area contributed by atoms with Crippen molar-refractivity contribution in [3.63, 3.8) is 0 Å². The molecule has 0 aliphatic heterocycles. The summed E-state index contributed by atoms with van der Waals surface area (Å²) in [5.74, 6) is 1.28. The summed E-state index contributed by atoms with van der Waals surface area (Å²) in [4.78, 5) is 14.0. The van der Waals surface area contributed by atoms with E-state index in [2.05, 4.69) is 0 Å². The maximum atomic E-state index is 12.2. The van der Waals surface area contributed by atoms with E-state index in [1.807, 2.05) is 38.1 Å². The first kappa shape index (κ1) is 14.8. The second-order valence-corrected chi connectivity index (χ2v) is 4.74. The summed E-state index contributed by atoms with van der Waals surface area (Å²) in [6.07, 6.45) is 0.346. The van der Waals surface area contributed by atoms with Gasteiger partial charge >= 0.3 is 0 Å². The van der Waals surface area contributed by atoms with Crippen LogP contribution in [-0.2, 0) is 11.2 Å². The van der Waals surface area contributed by atoms with E-state index in [0.29, 0.717) is 18.8 Å². The van der Waals surface area contributed by atoms with E-state index in [4.69, 9.17) is 16.3 Å². The molecule has 0 bridgehead atoms. The average molecular weight is 270 g/mol. The molecule has 1 rings (SSSR count). The predicted molar refractivity (Wildman–Crippen MR) is 74.3 cm³/mol. The fourth-order valence-electron chi connectivity index (χ4n) is 1.88. The molecule has 0 saturated heterocycles. The lowest BCUT2D eigenvalue weighted by Gasteiger charge is -2.26. The van der Waals surface area contributed by atoms with Crippen LogP contribution in [0.25, 0.3) is 0 Å². The van der Waals surface area contributed by atoms with Crippen molar-refractivity contribution in [2.24, 2.45) is 0 Å². The minimum atomic E-state index is 0.0788. The van der Waals surface area contributed by atoms with Crippen LogP contribution >= 0.6 is 11.6 Å². The van der Waals surface area contributed by atoms with Crippen molar-refractivity contribution in [2.75, 3.05) is 19.5 Å². The number of amides is 1. The molecule has 100 valence electrons. The highest BCUT2D eigenvalue weighted by atomic mass is 35.5. The highest BCUT2D eigenvalue weighted by molar-refractivity contribution is 6.18. The number of ether oxygens (including phenoxy) is 1. The first-order chi connectivity index (χ1) is 8.60. The van der Waals surface area contributed by atoms with Gasteiger partial charge in [-0.1, -0.05) is 18.2 Å². The molecule has 0 fully saturated rings. The van der Waals surface area contributed by atoms with Gasteiger partial charge in [-0.05, 0) is 19.9 Å². The molecule has 1 amide bonds. The third kappa shape index (κ3) is 3.91. The smallest absolute Gasteiger partial charge is 0.227 e. The fraction of sp³-hybridized carbons (Fsp3) is 0.500. The van der Waals surface area contributed by atoms with Crippen molar-refractivity contribution in [1.82, 2.24) is 4.90 Å². The molecule has 0 aliphatic carbocycles. The van der Waals surface area contributed by atoms with Crippen molar-refractivity contribution < 1.29 is 9.53 Å². The lowest BCUT2D eigenvalue weighted by Crippen LogP contribution is -2.39. The summed E-state index contributed by atoms with van der Waals surface area (Å²) in [5.41, 5.74) is 0.908. The van der Waals surface area contributed by atoms with E-state index >= 15 is 0 Å². The minimum absolute atomic E-state index is 0.0788. The van der Waals surface area contributed by atoms with Crippen molar-refractivity contribution in [3.05, 3.63) is 29.8 Å². The highest BCUT2D eigenvalue weighted by Crippen LogP contribution is 2.19. The summed E-state index contributed by atoms with van der Waals surface area (Å²) in [6, 6.07) is 7.74. The number of nitrogens with zero attached hydrogens (tertiary/aromatic N) is 1. The lowest BCUT2D eigenvalue weighted by molar-refractivity contribution is -0.131. The van der Waals surface area contributed by atoms with Crippen LogP contribution < -0.4 is 4.74 Å². The van der Waals surface area contributed by atoms with E-state index < -0.39 is 0 Å². The summed E-state index contributed by atoms with van der Waals surface area (Å²) in [6.45, 7) is 4.56. The van der Waals surface area contributed by atoms with Gasteiger partial charge in [0.15, 0.2) is 0 Å². The number of para-hydroxylation sites is 1. The van der Waals surface area contributed by atoms with E-state index in [1.165, 1.54) is 0 Å². The molecule has 0 aliphatic rings. The Balaban J connectivity index is 2.79. The molecule has 4 heteroatoms. The van der Waals surface area contributed by atoms with Gasteiger partial charge in [0.2, 0.25) is 5.91 Å². The van der Waals surface area contributed by atoms with Crippen molar-refractivity contribution in [1.29, 1.82) is 0 Å². The summed E-state index contributed by atoms with van der Waals surface area (Å²) >= 11 is 5.73. The van der Waals surface area contributed by atoms with Gasteiger partial charge in [0.1, 0.15) is 5.75 Å². The Hall–Kier alpha value is -1.22. The summed E-state index contributed by atoms with van der Waals surface area (Å²) in [7, 11) is 1.61. The van der Waals surface area contributed by atoms with Crippen LogP contribution in [0.1, 0.15) is 19.4 Å². The monoisotopic (exact) mass is 269 g/mol. The average Bonchev–Trinajstić information content (AvgIpc) is 2.36. The molecule has 0 saturated carbocycles. The standard InChI is InChI=1S/C14H20ClNO2/c1-11(2)16(9-8-15)14(17)10-12-6-4-5-7-13(12)18-3/h4-7,11H,8-10H2,1-3H3. The van der Waals surface area contributed by atoms with Crippen LogP contribution in [-0.4, -0.2) is 36.4 Å². The van der Waals surface area contributed by atoms with Crippen molar-refractivity contribution >= 4 is 17.5 Å². The highest BCUT2D eigenvalue weighted by Gasteiger charge is 2.17. The number of carbonyl (C=O) groups excluding carboxylic acids is 1. The van der Waals surface area contributed by atoms with Gasteiger partial charge in [-0.25, -0.2) is 0 Å². The lowest BCUT2D eigenvalue weighted by atomic mass is 10.1. The third-order valence-corrected chi connectivity index (χ3v) is 2.97. The first-order valence-electron chi connectivity index (χ1n) is 6.07. The molecule has 0 aromatic heterocycles. The second-order valence-electron chi connectivity index (χ2n) is 4.36. The number of hydrogen-bond donors (Lipinski definition) is 0. The topological polar surface area (TPSA) is 29.5 Å². The molecule has 0 heterocycles. The van der Waals surface area contributed by atoms with Gasteiger partial charge < -0.3 is 9.64 Å². The van der Waals surface area contributed by atoms with Gasteiger partial charge in [0.05, 0.1) is 13.5 Å². The Labute approximate surface area is 114 Å². The zero-order chi connectivity index (χ0) is 13.5. The number of rotatable bonds is 6. The Morgan fingerprint density at radius 1 is 1.39 bits per heavy atom. The van der Waals surface area contributed by atoms with E-state index in [-0.39, 0.29) is 11.9 Å². The number of benzene rings is 1. The molecular weight excluding hydrogens is 250 g/mol. The molecule has 1 aromatic carbocycles. The molecular formula is C14H20ClNO2. The Morgan fingerprint density at radius 3 is 2.61 bits per heavy atom. The van der Waals surface area contributed by atoms with Crippen molar-refractivity contribution in [2.45, 2.75) is 26.3 Å². The molecule has 1 aromatic rings. The van der Waals surface area contributed by atoms with E-state index in [9.17, 15) is 4.79 Å². The maximum absolute atomic E-state index is 12.2. The zero-order valence-corrected chi connectivity index (χ0v) is 11.9. The first-order valence-corrected chi connectivity index (χ1v) is 6.61. The Kier molecular flexibility index (Phi) is 5.99. The van der Waals surface area contributed by atoms with Gasteiger partial charge in [-0.2, -0.15) is 0 Å². The number of halogens is 1. The van der Waals surface area contributed by atoms with Crippen LogP contribution in [0.3, 0.4) is 0 Å². The minimum Gasteiger partial charge on any atom is -0.496 e. The number of hydrogen-bond acceptors (Lipinski definition) is 2. The maximum Gasteiger partial charge on any atom is 0.227 e. The molecule has 0 radical (unpaired) electrons. The summed E-state index contributed by atoms with van der Waals surface area (Å²) in [5, 5.41) is 0. The molecule has 0 atom stereocenters. The second kappa shape index (κ2) is 7.27. The molecule has 0 spiro atoms. The molecule has 3 nitrogen and oxygen atoms in total. The predicted octanol–water partition coefficient (Wildman–Crippen LogP) is 2.71. The number of carbonyl (C=O) groups is 1. The van der Waals surface area contributed by atoms with Crippen molar-refractivity contribution in [3.8, 4) is 5.75 Å². The third-order valence-electron chi connectivity index (χ3n) is 2.80. The van der Waals surface area contributed by atoms with Gasteiger partial charge in [-0.15, -0.1) is 11.6 Å². The SMILES string of the molecule is COc1ccccc1CC(=O)N(CCCl)C(C)C. The van der Waals surface area contributed by atoms with Crippen LogP contribution in [0.2, 0.25) is 0 Å². The normalized spacial score (nSPS) is 10.5. The number of alkyl halides is 1. The van der Waals surface area contributed by atoms with Gasteiger partial charge in [-0.3, -0.25) is 4.79 Å². The van der Waals surface area contributed by atoms with E-state index in [1.54, 1.807) is 12.0 Å². The van der Waals surface area contributed by atoms with Crippen LogP contribution in [0, 0.1) is 0 Å². The van der Waals surface area contributed by atoms with Gasteiger partial charge in [0, 0.05) is 24.0 Å². The fourth-order valence-corrected chi connectivity index (χ4v) is 2.06. The van der Waals surface area contributed by atoms with Gasteiger partial charge in [0.25, 0.3) is 0 Å². The molecule has 18 heavy (non-hydrogen) atoms. The molecule has 0 unspecified atom stereocenters. The Morgan fingerprint density at radius 2 is 2.06 bits per heavy atom. The quantitative estimate of drug-likeness (QED) is 0.743. The van der Waals surface area contributed by atoms with Crippen LogP contribution in [0.5, 0.6) is 5.75 Å². The molecule has 0 N–H and O–H groups in total. The Bertz CT molecular complexity index is 393.